The van der Waals surface area contributed by atoms with E-state index in [0.717, 1.165) is 32.0 Å². The highest BCUT2D eigenvalue weighted by atomic mass is 35.5. The SMILES string of the molecule is CC(C)OC(=O)Cn1c(=O)n(C)c(=O)n(-c2cc(N=c3oc(=O)n4n3CCCC4)c(F)cc2Cl)c1=O. The van der Waals surface area contributed by atoms with E-state index in [9.17, 15) is 28.4 Å². The van der Waals surface area contributed by atoms with Crippen LogP contribution >= 0.6 is 11.6 Å². The number of esters is 1. The highest BCUT2D eigenvalue weighted by Crippen LogP contribution is 2.27. The van der Waals surface area contributed by atoms with Crippen LogP contribution in [0.25, 0.3) is 5.69 Å². The first kappa shape index (κ1) is 25.2. The van der Waals surface area contributed by atoms with E-state index in [0.29, 0.717) is 26.8 Å². The lowest BCUT2D eigenvalue weighted by Crippen LogP contribution is -2.54. The first-order valence-corrected chi connectivity index (χ1v) is 11.3. The third-order valence-electron chi connectivity index (χ3n) is 5.44. The normalized spacial score (nSPS) is 13.8. The van der Waals surface area contributed by atoms with E-state index in [2.05, 4.69) is 4.99 Å². The van der Waals surface area contributed by atoms with E-state index in [4.69, 9.17) is 20.8 Å². The van der Waals surface area contributed by atoms with Gasteiger partial charge < -0.3 is 9.15 Å². The fraction of sp³-hybridized carbons (Fsp3) is 0.429. The lowest BCUT2D eigenvalue weighted by Gasteiger charge is -2.14. The fourth-order valence-corrected chi connectivity index (χ4v) is 4.01. The van der Waals surface area contributed by atoms with Gasteiger partial charge in [-0.3, -0.25) is 4.79 Å². The van der Waals surface area contributed by atoms with Crippen molar-refractivity contribution in [1.82, 2.24) is 23.1 Å². The molecule has 0 amide bonds. The van der Waals surface area contributed by atoms with Gasteiger partial charge in [-0.25, -0.2) is 46.6 Å². The summed E-state index contributed by atoms with van der Waals surface area (Å²) >= 11 is 6.17. The van der Waals surface area contributed by atoms with Crippen molar-refractivity contribution in [3.63, 3.8) is 0 Å². The van der Waals surface area contributed by atoms with Crippen LogP contribution in [0.3, 0.4) is 0 Å². The summed E-state index contributed by atoms with van der Waals surface area (Å²) in [6.07, 6.45) is 1.02. The minimum Gasteiger partial charge on any atom is -0.462 e. The first-order chi connectivity index (χ1) is 17.0. The van der Waals surface area contributed by atoms with E-state index in [1.54, 1.807) is 13.8 Å². The fourth-order valence-electron chi connectivity index (χ4n) is 3.77. The Morgan fingerprint density at radius 1 is 1.11 bits per heavy atom. The Bertz CT molecular complexity index is 1670. The zero-order valence-corrected chi connectivity index (χ0v) is 20.3. The van der Waals surface area contributed by atoms with Crippen molar-refractivity contribution in [2.24, 2.45) is 12.0 Å². The van der Waals surface area contributed by atoms with Crippen LogP contribution in [-0.4, -0.2) is 35.1 Å². The first-order valence-electron chi connectivity index (χ1n) is 11.0. The van der Waals surface area contributed by atoms with Gasteiger partial charge in [-0.05, 0) is 38.8 Å². The maximum atomic E-state index is 14.8. The van der Waals surface area contributed by atoms with Crippen molar-refractivity contribution in [3.05, 3.63) is 70.7 Å². The highest BCUT2D eigenvalue weighted by Gasteiger charge is 2.22. The van der Waals surface area contributed by atoms with E-state index in [-0.39, 0.29) is 22.1 Å². The van der Waals surface area contributed by atoms with Crippen LogP contribution in [0.5, 0.6) is 0 Å². The standard InChI is InChI=1S/C21H22ClFN6O7/c1-11(2)35-16(30)10-26-18(31)25(3)19(32)29(20(26)33)15-9-14(13(23)8-12(15)22)24-17-27-6-4-5-7-28(27)21(34)36-17/h8-9,11H,4-7,10H2,1-3H3. The summed E-state index contributed by atoms with van der Waals surface area (Å²) in [5.74, 6) is -2.45. The number of fused-ring (bicyclic) bond motifs is 1. The predicted molar refractivity (Wildman–Crippen MR) is 123 cm³/mol. The van der Waals surface area contributed by atoms with Gasteiger partial charge in [-0.15, -0.1) is 0 Å². The molecule has 2 aromatic heterocycles. The van der Waals surface area contributed by atoms with Crippen molar-refractivity contribution in [2.75, 3.05) is 0 Å². The third-order valence-corrected chi connectivity index (χ3v) is 5.74. The van der Waals surface area contributed by atoms with Gasteiger partial charge in [0.25, 0.3) is 0 Å². The van der Waals surface area contributed by atoms with Crippen molar-refractivity contribution in [1.29, 1.82) is 0 Å². The lowest BCUT2D eigenvalue weighted by molar-refractivity contribution is -0.148. The Labute approximate surface area is 205 Å². The van der Waals surface area contributed by atoms with Crippen LogP contribution in [0.2, 0.25) is 5.02 Å². The van der Waals surface area contributed by atoms with Gasteiger partial charge in [-0.2, -0.15) is 4.99 Å². The maximum absolute atomic E-state index is 14.8. The molecular formula is C21H22ClFN6O7. The molecule has 0 saturated carbocycles. The second-order valence-electron chi connectivity index (χ2n) is 8.34. The van der Waals surface area contributed by atoms with Gasteiger partial charge in [-0.1, -0.05) is 11.6 Å². The van der Waals surface area contributed by atoms with Gasteiger partial charge >= 0.3 is 34.5 Å². The van der Waals surface area contributed by atoms with Crippen molar-refractivity contribution < 1.29 is 18.3 Å². The Kier molecular flexibility index (Phi) is 6.71. The smallest absolute Gasteiger partial charge is 0.436 e. The molecule has 1 aromatic carbocycles. The molecule has 0 saturated heterocycles. The Morgan fingerprint density at radius 3 is 2.44 bits per heavy atom. The van der Waals surface area contributed by atoms with Gasteiger partial charge in [0.2, 0.25) is 0 Å². The van der Waals surface area contributed by atoms with Crippen molar-refractivity contribution in [3.8, 4) is 5.69 Å². The molecular weight excluding hydrogens is 503 g/mol. The van der Waals surface area contributed by atoms with E-state index >= 15 is 0 Å². The number of nitrogens with zero attached hydrogens (tertiary/aromatic N) is 6. The van der Waals surface area contributed by atoms with Gasteiger partial charge in [0, 0.05) is 20.1 Å². The van der Waals surface area contributed by atoms with E-state index < -0.39 is 47.3 Å². The van der Waals surface area contributed by atoms with Crippen LogP contribution in [0, 0.1) is 5.82 Å². The predicted octanol–water partition coefficient (Wildman–Crippen LogP) is 0.0244. The van der Waals surface area contributed by atoms with Gasteiger partial charge in [0.15, 0.2) is 5.82 Å². The van der Waals surface area contributed by atoms with Gasteiger partial charge in [0.05, 0.1) is 16.8 Å². The molecule has 0 atom stereocenters. The second-order valence-corrected chi connectivity index (χ2v) is 8.74. The minimum atomic E-state index is -1.19. The average molecular weight is 525 g/mol. The molecule has 0 radical (unpaired) electrons. The number of halogens is 2. The quantitative estimate of drug-likeness (QED) is 0.428. The number of benzene rings is 1. The molecule has 0 bridgehead atoms. The average Bonchev–Trinajstić information content (AvgIpc) is 3.13. The summed E-state index contributed by atoms with van der Waals surface area (Å²) < 4.78 is 29.3. The maximum Gasteiger partial charge on any atom is 0.436 e. The summed E-state index contributed by atoms with van der Waals surface area (Å²) in [5.41, 5.74) is -4.17. The molecule has 15 heteroatoms. The van der Waals surface area contributed by atoms with Gasteiger partial charge in [0.1, 0.15) is 12.2 Å². The van der Waals surface area contributed by atoms with E-state index in [1.165, 1.54) is 9.36 Å². The summed E-state index contributed by atoms with van der Waals surface area (Å²) in [5, 5.41) is -0.339. The summed E-state index contributed by atoms with van der Waals surface area (Å²) in [4.78, 5) is 66.8. The minimum absolute atomic E-state index is 0.173. The Morgan fingerprint density at radius 2 is 1.78 bits per heavy atom. The second kappa shape index (κ2) is 9.60. The molecule has 0 aliphatic carbocycles. The molecule has 0 unspecified atom stereocenters. The number of aromatic nitrogens is 5. The molecule has 192 valence electrons. The summed E-state index contributed by atoms with van der Waals surface area (Å²) in [6.45, 7) is 3.25. The van der Waals surface area contributed by atoms with Crippen LogP contribution < -0.4 is 28.5 Å². The number of carbonyl (C=O) groups excluding carboxylic acids is 1. The number of carbonyl (C=O) groups is 1. The number of hydrogen-bond acceptors (Lipinski definition) is 8. The molecule has 3 heterocycles. The molecule has 4 rings (SSSR count). The number of ether oxygens (including phenoxy) is 1. The summed E-state index contributed by atoms with van der Waals surface area (Å²) in [6, 6.07) is 1.84. The largest absolute Gasteiger partial charge is 0.462 e. The lowest BCUT2D eigenvalue weighted by atomic mass is 10.2. The molecule has 36 heavy (non-hydrogen) atoms. The molecule has 3 aromatic rings. The van der Waals surface area contributed by atoms with Crippen LogP contribution in [0.4, 0.5) is 10.1 Å². The van der Waals surface area contributed by atoms with Crippen LogP contribution in [0.1, 0.15) is 26.7 Å². The zero-order valence-electron chi connectivity index (χ0n) is 19.6. The third kappa shape index (κ3) is 4.51. The number of rotatable bonds is 5. The van der Waals surface area contributed by atoms with Crippen LogP contribution in [-0.2, 0) is 36.2 Å². The van der Waals surface area contributed by atoms with Crippen LogP contribution in [0.15, 0.2) is 40.7 Å². The molecule has 1 aliphatic rings. The van der Waals surface area contributed by atoms with Crippen molar-refractivity contribution >= 4 is 23.3 Å². The monoisotopic (exact) mass is 524 g/mol. The molecule has 13 nitrogen and oxygen atoms in total. The topological polar surface area (TPSA) is 145 Å². The highest BCUT2D eigenvalue weighted by molar-refractivity contribution is 6.32. The molecule has 0 spiro atoms. The molecule has 1 aliphatic heterocycles. The Hall–Kier alpha value is -3.94. The number of hydrogen-bond donors (Lipinski definition) is 0. The molecule has 0 N–H and O–H groups in total. The zero-order chi connectivity index (χ0) is 26.3. The molecule has 0 fully saturated rings. The van der Waals surface area contributed by atoms with Crippen molar-refractivity contribution in [2.45, 2.75) is 52.4 Å². The van der Waals surface area contributed by atoms with E-state index in [1.807, 2.05) is 0 Å². The summed E-state index contributed by atoms with van der Waals surface area (Å²) in [7, 11) is 1.10. The Balaban J connectivity index is 1.92.